The van der Waals surface area contributed by atoms with Gasteiger partial charge in [-0.05, 0) is 20.3 Å². The van der Waals surface area contributed by atoms with Gasteiger partial charge < -0.3 is 15.3 Å². The summed E-state index contributed by atoms with van der Waals surface area (Å²) in [4.78, 5) is 4.06. The Bertz CT molecular complexity index is 191. The van der Waals surface area contributed by atoms with Gasteiger partial charge in [0.15, 0.2) is 5.76 Å². The first-order valence-electron chi connectivity index (χ1n) is 3.98. The van der Waals surface area contributed by atoms with Crippen molar-refractivity contribution in [3.63, 3.8) is 0 Å². The number of aliphatic hydroxyl groups is 3. The third-order valence-electron chi connectivity index (χ3n) is 2.12. The molecule has 0 aromatic carbocycles. The van der Waals surface area contributed by atoms with E-state index in [0.717, 1.165) is 0 Å². The molecule has 0 radical (unpaired) electrons. The van der Waals surface area contributed by atoms with E-state index >= 15 is 0 Å². The van der Waals surface area contributed by atoms with Gasteiger partial charge in [0.05, 0.1) is 0 Å². The smallest absolute Gasteiger partial charge is 0.161 e. The van der Waals surface area contributed by atoms with Crippen LogP contribution in [0.15, 0.2) is 11.5 Å². The molecule has 0 aliphatic heterocycles. The van der Waals surface area contributed by atoms with Crippen molar-refractivity contribution in [2.45, 2.75) is 38.9 Å². The average Bonchev–Trinajstić information content (AvgIpc) is 2.14. The molecule has 2 unspecified atom stereocenters. The zero-order valence-electron chi connectivity index (χ0n) is 7.98. The molecule has 0 saturated heterocycles. The van der Waals surface area contributed by atoms with Crippen molar-refractivity contribution in [3.05, 3.63) is 11.5 Å². The summed E-state index contributed by atoms with van der Waals surface area (Å²) in [7, 11) is 0. The van der Waals surface area contributed by atoms with Gasteiger partial charge in [-0.1, -0.05) is 6.92 Å². The highest BCUT2D eigenvalue weighted by atomic mass is 17.1. The number of allylic oxidation sites excluding steroid dienone is 1. The van der Waals surface area contributed by atoms with Crippen molar-refractivity contribution in [3.8, 4) is 0 Å². The van der Waals surface area contributed by atoms with Crippen LogP contribution >= 0.6 is 0 Å². The second-order valence-electron chi connectivity index (χ2n) is 3.13. The van der Waals surface area contributed by atoms with E-state index < -0.39 is 23.2 Å². The predicted molar refractivity (Wildman–Crippen MR) is 46.4 cm³/mol. The number of aliphatic hydroxyl groups excluding tert-OH is 3. The first-order chi connectivity index (χ1) is 5.89. The van der Waals surface area contributed by atoms with Gasteiger partial charge in [-0.2, -0.15) is 0 Å². The van der Waals surface area contributed by atoms with Crippen molar-refractivity contribution in [1.29, 1.82) is 0 Å². The lowest BCUT2D eigenvalue weighted by Gasteiger charge is -2.29. The minimum absolute atomic E-state index is 0.280. The molecule has 78 valence electrons. The molecule has 5 nitrogen and oxygen atoms in total. The van der Waals surface area contributed by atoms with Crippen LogP contribution in [0.2, 0.25) is 0 Å². The predicted octanol–water partition coefficient (Wildman–Crippen LogP) is 1.35. The highest BCUT2D eigenvalue weighted by Gasteiger charge is 2.36. The molecule has 0 bridgehead atoms. The van der Waals surface area contributed by atoms with Crippen molar-refractivity contribution in [2.24, 2.45) is 0 Å². The summed E-state index contributed by atoms with van der Waals surface area (Å²) in [6.07, 6.45) is -1.17. The quantitative estimate of drug-likeness (QED) is 0.306. The Morgan fingerprint density at radius 3 is 2.15 bits per heavy atom. The van der Waals surface area contributed by atoms with Crippen LogP contribution in [0.5, 0.6) is 0 Å². The second-order valence-corrected chi connectivity index (χ2v) is 3.13. The van der Waals surface area contributed by atoms with E-state index in [2.05, 4.69) is 4.89 Å². The minimum Gasteiger partial charge on any atom is -0.509 e. The maximum Gasteiger partial charge on any atom is 0.161 e. The van der Waals surface area contributed by atoms with E-state index in [1.807, 2.05) is 0 Å². The van der Waals surface area contributed by atoms with E-state index in [-0.39, 0.29) is 6.42 Å². The number of hydrogen-bond acceptors (Lipinski definition) is 5. The van der Waals surface area contributed by atoms with Crippen molar-refractivity contribution < 1.29 is 25.5 Å². The standard InChI is InChI=1S/C8H16O5/c1-4-8(3,13-12)7(11)6(10)5(2)9/h7,9-12H,4H2,1-3H3/b6-5-. The molecule has 0 rings (SSSR count). The molecule has 0 fully saturated rings. The molecule has 0 aliphatic rings. The number of hydrogen-bond donors (Lipinski definition) is 4. The summed E-state index contributed by atoms with van der Waals surface area (Å²) < 4.78 is 0. The SMILES string of the molecule is CCC(C)(OO)C(O)/C(O)=C(\C)O. The Morgan fingerprint density at radius 1 is 1.46 bits per heavy atom. The van der Waals surface area contributed by atoms with Crippen molar-refractivity contribution in [1.82, 2.24) is 0 Å². The van der Waals surface area contributed by atoms with Crippen LogP contribution < -0.4 is 0 Å². The first kappa shape index (κ1) is 12.2. The highest BCUT2D eigenvalue weighted by Crippen LogP contribution is 2.24. The van der Waals surface area contributed by atoms with Crippen LogP contribution in [0, 0.1) is 0 Å². The third-order valence-corrected chi connectivity index (χ3v) is 2.12. The molecular formula is C8H16O5. The zero-order valence-corrected chi connectivity index (χ0v) is 7.98. The first-order valence-corrected chi connectivity index (χ1v) is 3.98. The third kappa shape index (κ3) is 2.58. The molecule has 0 saturated carbocycles. The summed E-state index contributed by atoms with van der Waals surface area (Å²) in [6, 6.07) is 0. The summed E-state index contributed by atoms with van der Waals surface area (Å²) in [5.41, 5.74) is -1.31. The molecular weight excluding hydrogens is 176 g/mol. The molecule has 5 heteroatoms. The van der Waals surface area contributed by atoms with Gasteiger partial charge in [0.1, 0.15) is 17.5 Å². The Labute approximate surface area is 76.8 Å². The summed E-state index contributed by atoms with van der Waals surface area (Å²) in [5.74, 6) is -0.998. The Balaban J connectivity index is 4.76. The monoisotopic (exact) mass is 192 g/mol. The zero-order chi connectivity index (χ0) is 10.6. The minimum atomic E-state index is -1.45. The Hall–Kier alpha value is -0.780. The van der Waals surface area contributed by atoms with Gasteiger partial charge in [-0.25, -0.2) is 4.89 Å². The van der Waals surface area contributed by atoms with Gasteiger partial charge in [0.2, 0.25) is 0 Å². The van der Waals surface area contributed by atoms with E-state index in [4.69, 9.17) is 10.4 Å². The van der Waals surface area contributed by atoms with Crippen LogP contribution in [0.1, 0.15) is 27.2 Å². The van der Waals surface area contributed by atoms with Gasteiger partial charge in [0.25, 0.3) is 0 Å². The van der Waals surface area contributed by atoms with Gasteiger partial charge in [-0.3, -0.25) is 5.26 Å². The van der Waals surface area contributed by atoms with Crippen LogP contribution in [-0.2, 0) is 4.89 Å². The number of rotatable bonds is 4. The topological polar surface area (TPSA) is 90.2 Å². The molecule has 0 spiro atoms. The second kappa shape index (κ2) is 4.45. The molecule has 0 aromatic heterocycles. The lowest BCUT2D eigenvalue weighted by atomic mass is 9.94. The van der Waals surface area contributed by atoms with Gasteiger partial charge in [0, 0.05) is 0 Å². The largest absolute Gasteiger partial charge is 0.509 e. The molecule has 0 aliphatic carbocycles. The normalized spacial score (nSPS) is 20.4. The lowest BCUT2D eigenvalue weighted by Crippen LogP contribution is -2.42. The maximum atomic E-state index is 9.45. The molecule has 0 heterocycles. The summed E-state index contributed by atoms with van der Waals surface area (Å²) in [6.45, 7) is 4.31. The summed E-state index contributed by atoms with van der Waals surface area (Å²) >= 11 is 0. The Kier molecular flexibility index (Phi) is 4.19. The van der Waals surface area contributed by atoms with Gasteiger partial charge >= 0.3 is 0 Å². The van der Waals surface area contributed by atoms with Crippen LogP contribution in [-0.4, -0.2) is 32.3 Å². The molecule has 0 aromatic rings. The fourth-order valence-electron chi connectivity index (χ4n) is 0.795. The Morgan fingerprint density at radius 2 is 1.92 bits per heavy atom. The molecule has 4 N–H and O–H groups in total. The van der Waals surface area contributed by atoms with E-state index in [0.29, 0.717) is 0 Å². The van der Waals surface area contributed by atoms with Crippen LogP contribution in [0.4, 0.5) is 0 Å². The van der Waals surface area contributed by atoms with Crippen molar-refractivity contribution in [2.75, 3.05) is 0 Å². The van der Waals surface area contributed by atoms with E-state index in [1.165, 1.54) is 13.8 Å². The molecule has 0 amide bonds. The average molecular weight is 192 g/mol. The van der Waals surface area contributed by atoms with Crippen LogP contribution in [0.25, 0.3) is 0 Å². The fourth-order valence-corrected chi connectivity index (χ4v) is 0.795. The molecule has 2 atom stereocenters. The van der Waals surface area contributed by atoms with Gasteiger partial charge in [-0.15, -0.1) is 0 Å². The lowest BCUT2D eigenvalue weighted by molar-refractivity contribution is -0.338. The van der Waals surface area contributed by atoms with Crippen LogP contribution in [0.3, 0.4) is 0 Å². The summed E-state index contributed by atoms with van der Waals surface area (Å²) in [5, 5.41) is 36.0. The van der Waals surface area contributed by atoms with Crippen molar-refractivity contribution >= 4 is 0 Å². The van der Waals surface area contributed by atoms with E-state index in [1.54, 1.807) is 6.92 Å². The fraction of sp³-hybridized carbons (Fsp3) is 0.750. The highest BCUT2D eigenvalue weighted by molar-refractivity contribution is 5.07. The maximum absolute atomic E-state index is 9.45. The molecule has 13 heavy (non-hydrogen) atoms. The van der Waals surface area contributed by atoms with E-state index in [9.17, 15) is 10.2 Å².